The number of ether oxygens (including phenoxy) is 1. The lowest BCUT2D eigenvalue weighted by atomic mass is 10.0. The lowest BCUT2D eigenvalue weighted by Gasteiger charge is -2.31. The molecule has 0 bridgehead atoms. The van der Waals surface area contributed by atoms with Gasteiger partial charge in [-0.25, -0.2) is 8.42 Å². The fourth-order valence-electron chi connectivity index (χ4n) is 4.55. The van der Waals surface area contributed by atoms with E-state index in [0.29, 0.717) is 41.9 Å². The van der Waals surface area contributed by atoms with E-state index in [1.807, 2.05) is 12.1 Å². The summed E-state index contributed by atoms with van der Waals surface area (Å²) in [6, 6.07) is 10.5. The highest BCUT2D eigenvalue weighted by Crippen LogP contribution is 2.42. The van der Waals surface area contributed by atoms with Crippen molar-refractivity contribution in [3.63, 3.8) is 0 Å². The van der Waals surface area contributed by atoms with Gasteiger partial charge in [0.1, 0.15) is 10.6 Å². The monoisotopic (exact) mass is 441 g/mol. The molecule has 2 saturated heterocycles. The number of piperidine rings is 1. The second kappa shape index (κ2) is 7.84. The van der Waals surface area contributed by atoms with Gasteiger partial charge >= 0.3 is 0 Å². The van der Waals surface area contributed by atoms with Gasteiger partial charge in [-0.15, -0.1) is 0 Å². The van der Waals surface area contributed by atoms with Crippen molar-refractivity contribution in [3.8, 4) is 11.5 Å². The predicted octanol–water partition coefficient (Wildman–Crippen LogP) is 4.07. The number of anilines is 2. The van der Waals surface area contributed by atoms with Crippen LogP contribution in [0, 0.1) is 5.92 Å². The fraction of sp³-hybridized carbons (Fsp3) is 0.435. The number of sulfonamides is 1. The lowest BCUT2D eigenvalue weighted by molar-refractivity contribution is 0.102. The smallest absolute Gasteiger partial charge is 0.259 e. The maximum absolute atomic E-state index is 13.7. The molecule has 0 saturated carbocycles. The Kier molecular flexibility index (Phi) is 5.14. The molecule has 3 heterocycles. The van der Waals surface area contributed by atoms with Crippen LogP contribution in [0.15, 0.2) is 41.3 Å². The summed E-state index contributed by atoms with van der Waals surface area (Å²) in [5, 5.41) is 2.85. The standard InChI is InChI=1S/C23H27N3O4S/c1-16-8-12-26(13-9-16)31(28,29)22-14-17-21(15-19(22)25-10-4-5-11-25)30-20-7-3-2-6-18(20)24-23(17)27/h2-3,6-7,14-16H,4-5,8-13H2,1H3,(H,24,27). The van der Waals surface area contributed by atoms with Crippen LogP contribution in [-0.4, -0.2) is 44.8 Å². The van der Waals surface area contributed by atoms with Gasteiger partial charge in [-0.1, -0.05) is 19.1 Å². The Balaban J connectivity index is 1.63. The van der Waals surface area contributed by atoms with Gasteiger partial charge in [0.15, 0.2) is 5.75 Å². The summed E-state index contributed by atoms with van der Waals surface area (Å²) >= 11 is 0. The molecule has 5 rings (SSSR count). The van der Waals surface area contributed by atoms with Crippen molar-refractivity contribution in [2.45, 2.75) is 37.5 Å². The van der Waals surface area contributed by atoms with Crippen LogP contribution in [0.2, 0.25) is 0 Å². The third-order valence-electron chi connectivity index (χ3n) is 6.47. The molecule has 0 atom stereocenters. The van der Waals surface area contributed by atoms with Gasteiger partial charge in [0, 0.05) is 32.2 Å². The number of carbonyl (C=O) groups is 1. The topological polar surface area (TPSA) is 79.0 Å². The maximum atomic E-state index is 13.7. The Hall–Kier alpha value is -2.58. The molecule has 2 aromatic carbocycles. The maximum Gasteiger partial charge on any atom is 0.259 e. The Morgan fingerprint density at radius 3 is 2.45 bits per heavy atom. The molecule has 7 nitrogen and oxygen atoms in total. The van der Waals surface area contributed by atoms with Crippen LogP contribution < -0.4 is 15.0 Å². The van der Waals surface area contributed by atoms with Crippen molar-refractivity contribution in [2.24, 2.45) is 5.92 Å². The average Bonchev–Trinajstić information content (AvgIpc) is 3.25. The number of benzene rings is 2. The number of hydrogen-bond acceptors (Lipinski definition) is 5. The van der Waals surface area contributed by atoms with Crippen LogP contribution in [0.25, 0.3) is 0 Å². The number of rotatable bonds is 3. The van der Waals surface area contributed by atoms with Crippen molar-refractivity contribution < 1.29 is 17.9 Å². The van der Waals surface area contributed by atoms with Gasteiger partial charge in [0.25, 0.3) is 5.91 Å². The first-order valence-corrected chi connectivity index (χ1v) is 12.4. The third kappa shape index (κ3) is 3.68. The normalized spacial score (nSPS) is 19.9. The van der Waals surface area contributed by atoms with Crippen LogP contribution in [0.1, 0.15) is 43.0 Å². The minimum Gasteiger partial charge on any atom is -0.454 e. The van der Waals surface area contributed by atoms with Crippen molar-refractivity contribution in [2.75, 3.05) is 36.4 Å². The summed E-state index contributed by atoms with van der Waals surface area (Å²) < 4.78 is 35.0. The highest BCUT2D eigenvalue weighted by molar-refractivity contribution is 7.89. The highest BCUT2D eigenvalue weighted by atomic mass is 32.2. The molecule has 0 aliphatic carbocycles. The summed E-state index contributed by atoms with van der Waals surface area (Å²) in [4.78, 5) is 15.3. The zero-order valence-corrected chi connectivity index (χ0v) is 18.5. The molecule has 0 aromatic heterocycles. The van der Waals surface area contributed by atoms with E-state index in [4.69, 9.17) is 4.74 Å². The van der Waals surface area contributed by atoms with Crippen LogP contribution in [0.5, 0.6) is 11.5 Å². The Bertz CT molecular complexity index is 1120. The largest absolute Gasteiger partial charge is 0.454 e. The molecule has 164 valence electrons. The fourth-order valence-corrected chi connectivity index (χ4v) is 6.24. The van der Waals surface area contributed by atoms with Gasteiger partial charge in [0.2, 0.25) is 10.0 Å². The van der Waals surface area contributed by atoms with E-state index in [9.17, 15) is 13.2 Å². The van der Waals surface area contributed by atoms with Crippen molar-refractivity contribution in [1.82, 2.24) is 4.31 Å². The Morgan fingerprint density at radius 1 is 1.00 bits per heavy atom. The molecule has 1 N–H and O–H groups in total. The van der Waals surface area contributed by atoms with Crippen LogP contribution in [0.4, 0.5) is 11.4 Å². The molecule has 8 heteroatoms. The van der Waals surface area contributed by atoms with E-state index in [2.05, 4.69) is 17.1 Å². The van der Waals surface area contributed by atoms with Crippen molar-refractivity contribution in [3.05, 3.63) is 42.0 Å². The number of nitrogens with zero attached hydrogens (tertiary/aromatic N) is 2. The van der Waals surface area contributed by atoms with Crippen LogP contribution in [-0.2, 0) is 10.0 Å². The number of fused-ring (bicyclic) bond motifs is 2. The quantitative estimate of drug-likeness (QED) is 0.777. The summed E-state index contributed by atoms with van der Waals surface area (Å²) in [5.41, 5.74) is 1.44. The number of nitrogens with one attached hydrogen (secondary N) is 1. The molecule has 2 fully saturated rings. The van der Waals surface area contributed by atoms with Crippen LogP contribution in [0.3, 0.4) is 0 Å². The van der Waals surface area contributed by atoms with Crippen molar-refractivity contribution in [1.29, 1.82) is 0 Å². The molecule has 3 aliphatic heterocycles. The number of para-hydroxylation sites is 2. The minimum atomic E-state index is -3.73. The van der Waals surface area contributed by atoms with Gasteiger partial charge in [0.05, 0.1) is 16.9 Å². The van der Waals surface area contributed by atoms with E-state index in [-0.39, 0.29) is 16.4 Å². The molecule has 31 heavy (non-hydrogen) atoms. The molecular weight excluding hydrogens is 414 g/mol. The first kappa shape index (κ1) is 20.3. The molecule has 3 aliphatic rings. The highest BCUT2D eigenvalue weighted by Gasteiger charge is 2.34. The van der Waals surface area contributed by atoms with Crippen molar-refractivity contribution >= 4 is 27.3 Å². The average molecular weight is 442 g/mol. The van der Waals surface area contributed by atoms with Gasteiger partial charge in [-0.2, -0.15) is 4.31 Å². The van der Waals surface area contributed by atoms with E-state index in [0.717, 1.165) is 38.8 Å². The van der Waals surface area contributed by atoms with E-state index >= 15 is 0 Å². The van der Waals surface area contributed by atoms with E-state index < -0.39 is 10.0 Å². The number of carbonyl (C=O) groups excluding carboxylic acids is 1. The SMILES string of the molecule is CC1CCN(S(=O)(=O)c2cc3c(cc2N2CCCC2)Oc2ccccc2NC3=O)CC1. The van der Waals surface area contributed by atoms with E-state index in [1.54, 1.807) is 22.5 Å². The van der Waals surface area contributed by atoms with Gasteiger partial charge < -0.3 is 15.0 Å². The summed E-state index contributed by atoms with van der Waals surface area (Å²) in [6.45, 7) is 4.76. The summed E-state index contributed by atoms with van der Waals surface area (Å²) in [6.07, 6.45) is 3.73. The number of amides is 1. The van der Waals surface area contributed by atoms with E-state index in [1.165, 1.54) is 6.07 Å². The molecular formula is C23H27N3O4S. The second-order valence-electron chi connectivity index (χ2n) is 8.65. The Labute approximate surface area is 183 Å². The first-order valence-electron chi connectivity index (χ1n) is 10.9. The third-order valence-corrected chi connectivity index (χ3v) is 8.40. The minimum absolute atomic E-state index is 0.201. The number of hydrogen-bond donors (Lipinski definition) is 1. The zero-order valence-electron chi connectivity index (χ0n) is 17.6. The molecule has 2 aromatic rings. The second-order valence-corrected chi connectivity index (χ2v) is 10.6. The molecule has 1 amide bonds. The van der Waals surface area contributed by atoms with Gasteiger partial charge in [-0.05, 0) is 49.8 Å². The molecule has 0 spiro atoms. The zero-order chi connectivity index (χ0) is 21.6. The first-order chi connectivity index (χ1) is 14.9. The lowest BCUT2D eigenvalue weighted by Crippen LogP contribution is -2.38. The summed E-state index contributed by atoms with van der Waals surface area (Å²) in [5.74, 6) is 1.09. The summed E-state index contributed by atoms with van der Waals surface area (Å²) in [7, 11) is -3.73. The molecule has 0 unspecified atom stereocenters. The Morgan fingerprint density at radius 2 is 1.71 bits per heavy atom. The van der Waals surface area contributed by atoms with Crippen LogP contribution >= 0.6 is 0 Å². The predicted molar refractivity (Wildman–Crippen MR) is 120 cm³/mol. The van der Waals surface area contributed by atoms with Gasteiger partial charge in [-0.3, -0.25) is 4.79 Å². The molecule has 0 radical (unpaired) electrons.